The zero-order chi connectivity index (χ0) is 9.73. The van der Waals surface area contributed by atoms with Crippen molar-refractivity contribution in [2.24, 2.45) is 11.0 Å². The minimum atomic E-state index is -2.33. The van der Waals surface area contributed by atoms with Gasteiger partial charge in [0, 0.05) is 6.54 Å². The summed E-state index contributed by atoms with van der Waals surface area (Å²) in [5.74, 6) is 0. The normalized spacial score (nSPS) is 11.5. The molecule has 0 aliphatic heterocycles. The van der Waals surface area contributed by atoms with Crippen LogP contribution in [-0.4, -0.2) is 0 Å². The molecule has 13 heavy (non-hydrogen) atoms. The SMILES string of the molecule is NP(N)(=S)NNCc1ccccc1. The van der Waals surface area contributed by atoms with Crippen molar-refractivity contribution in [1.29, 1.82) is 0 Å². The zero-order valence-electron chi connectivity index (χ0n) is 7.10. The second-order valence-corrected chi connectivity index (χ2v) is 6.12. The molecule has 0 aromatic heterocycles. The van der Waals surface area contributed by atoms with Crippen LogP contribution in [0.5, 0.6) is 0 Å². The molecule has 6 N–H and O–H groups in total. The van der Waals surface area contributed by atoms with Gasteiger partial charge >= 0.3 is 0 Å². The summed E-state index contributed by atoms with van der Waals surface area (Å²) >= 11 is 4.79. The first-order chi connectivity index (χ1) is 6.08. The lowest BCUT2D eigenvalue weighted by molar-refractivity contribution is 0.674. The average Bonchev–Trinajstić information content (AvgIpc) is 2.04. The number of hydrogen-bond donors (Lipinski definition) is 4. The third kappa shape index (κ3) is 5.10. The average molecular weight is 216 g/mol. The number of nitrogens with two attached hydrogens (primary N) is 2. The van der Waals surface area contributed by atoms with Crippen LogP contribution in [0.25, 0.3) is 0 Å². The molecule has 0 heterocycles. The largest absolute Gasteiger partial charge is 0.279 e. The molecule has 0 aliphatic rings. The number of nitrogens with one attached hydrogen (secondary N) is 2. The first-order valence-corrected chi connectivity index (χ1v) is 6.73. The van der Waals surface area contributed by atoms with E-state index in [1.165, 1.54) is 0 Å². The van der Waals surface area contributed by atoms with E-state index >= 15 is 0 Å². The Kier molecular flexibility index (Phi) is 3.99. The monoisotopic (exact) mass is 216 g/mol. The molecule has 0 radical (unpaired) electrons. The Balaban J connectivity index is 2.33. The van der Waals surface area contributed by atoms with Gasteiger partial charge in [-0.3, -0.25) is 11.0 Å². The van der Waals surface area contributed by atoms with E-state index in [2.05, 4.69) is 10.6 Å². The molecular weight excluding hydrogens is 203 g/mol. The van der Waals surface area contributed by atoms with Crippen molar-refractivity contribution >= 4 is 18.3 Å². The summed E-state index contributed by atoms with van der Waals surface area (Å²) in [6.07, 6.45) is 0. The molecule has 0 spiro atoms. The number of hydrazine groups is 1. The van der Waals surface area contributed by atoms with E-state index in [4.69, 9.17) is 22.8 Å². The van der Waals surface area contributed by atoms with Crippen LogP contribution in [0.3, 0.4) is 0 Å². The third-order valence-corrected chi connectivity index (χ3v) is 2.17. The van der Waals surface area contributed by atoms with Crippen LogP contribution in [0.15, 0.2) is 30.3 Å². The van der Waals surface area contributed by atoms with Gasteiger partial charge in [0.25, 0.3) is 0 Å². The fourth-order valence-electron chi connectivity index (χ4n) is 0.861. The van der Waals surface area contributed by atoms with Crippen LogP contribution in [-0.2, 0) is 18.4 Å². The standard InChI is InChI=1S/C7H13N4PS/c8-12(9,13)11-10-6-7-4-2-1-3-5-7/h1-5,10H,6H2,(H5,8,9,11,13). The van der Waals surface area contributed by atoms with Gasteiger partial charge in [-0.15, -0.1) is 0 Å². The maximum absolute atomic E-state index is 5.43. The summed E-state index contributed by atoms with van der Waals surface area (Å²) in [6, 6.07) is 9.92. The highest BCUT2D eigenvalue weighted by molar-refractivity contribution is 8.11. The number of rotatable bonds is 4. The van der Waals surface area contributed by atoms with Gasteiger partial charge in [-0.05, 0) is 17.4 Å². The molecule has 6 heteroatoms. The molecule has 1 rings (SSSR count). The Morgan fingerprint density at radius 1 is 1.23 bits per heavy atom. The van der Waals surface area contributed by atoms with Gasteiger partial charge in [0.05, 0.1) is 0 Å². The van der Waals surface area contributed by atoms with E-state index in [9.17, 15) is 0 Å². The van der Waals surface area contributed by atoms with Crippen molar-refractivity contribution in [1.82, 2.24) is 10.6 Å². The van der Waals surface area contributed by atoms with Crippen LogP contribution in [0.4, 0.5) is 0 Å². The van der Waals surface area contributed by atoms with Crippen molar-refractivity contribution < 1.29 is 0 Å². The molecular formula is C7H13N4PS. The van der Waals surface area contributed by atoms with E-state index in [-0.39, 0.29) is 0 Å². The zero-order valence-corrected chi connectivity index (χ0v) is 8.81. The van der Waals surface area contributed by atoms with Crippen LogP contribution in [0.1, 0.15) is 5.56 Å². The molecule has 0 aliphatic carbocycles. The van der Waals surface area contributed by atoms with Crippen LogP contribution < -0.4 is 21.6 Å². The fraction of sp³-hybridized carbons (Fsp3) is 0.143. The number of benzene rings is 1. The first-order valence-electron chi connectivity index (χ1n) is 3.79. The molecule has 0 atom stereocenters. The van der Waals surface area contributed by atoms with Gasteiger partial charge in [0.1, 0.15) is 6.49 Å². The van der Waals surface area contributed by atoms with Crippen molar-refractivity contribution in [3.8, 4) is 0 Å². The van der Waals surface area contributed by atoms with Gasteiger partial charge < -0.3 is 0 Å². The van der Waals surface area contributed by atoms with Crippen molar-refractivity contribution in [3.05, 3.63) is 35.9 Å². The smallest absolute Gasteiger partial charge is 0.145 e. The minimum absolute atomic E-state index is 0.660. The molecule has 0 saturated carbocycles. The van der Waals surface area contributed by atoms with Gasteiger partial charge in [-0.25, -0.2) is 10.6 Å². The fourth-order valence-corrected chi connectivity index (χ4v) is 1.38. The lowest BCUT2D eigenvalue weighted by atomic mass is 10.2. The molecule has 0 saturated heterocycles. The second kappa shape index (κ2) is 4.81. The molecule has 0 amide bonds. The van der Waals surface area contributed by atoms with Crippen molar-refractivity contribution in [2.45, 2.75) is 6.54 Å². The molecule has 1 aromatic carbocycles. The van der Waals surface area contributed by atoms with E-state index < -0.39 is 6.49 Å². The van der Waals surface area contributed by atoms with Crippen LogP contribution in [0.2, 0.25) is 0 Å². The Morgan fingerprint density at radius 3 is 2.38 bits per heavy atom. The minimum Gasteiger partial charge on any atom is -0.279 e. The molecule has 1 aromatic rings. The summed E-state index contributed by atoms with van der Waals surface area (Å²) in [6.45, 7) is -1.67. The number of hydrogen-bond acceptors (Lipinski definition) is 2. The Morgan fingerprint density at radius 2 is 1.85 bits per heavy atom. The Labute approximate surface area is 82.8 Å². The van der Waals surface area contributed by atoms with E-state index in [0.717, 1.165) is 5.56 Å². The van der Waals surface area contributed by atoms with E-state index in [1.807, 2.05) is 30.3 Å². The van der Waals surface area contributed by atoms with Crippen molar-refractivity contribution in [2.75, 3.05) is 0 Å². The predicted molar refractivity (Wildman–Crippen MR) is 59.1 cm³/mol. The Bertz CT molecular complexity index is 297. The highest BCUT2D eigenvalue weighted by Crippen LogP contribution is 2.15. The van der Waals surface area contributed by atoms with Crippen LogP contribution >= 0.6 is 6.49 Å². The topological polar surface area (TPSA) is 76.1 Å². The van der Waals surface area contributed by atoms with Gasteiger partial charge in [-0.1, -0.05) is 30.3 Å². The van der Waals surface area contributed by atoms with E-state index in [1.54, 1.807) is 0 Å². The molecule has 0 unspecified atom stereocenters. The third-order valence-electron chi connectivity index (χ3n) is 1.39. The predicted octanol–water partition coefficient (Wildman–Crippen LogP) is 0.423. The highest BCUT2D eigenvalue weighted by atomic mass is 32.4. The lowest BCUT2D eigenvalue weighted by Gasteiger charge is -2.13. The van der Waals surface area contributed by atoms with E-state index in [0.29, 0.717) is 6.54 Å². The quantitative estimate of drug-likeness (QED) is 0.433. The summed E-state index contributed by atoms with van der Waals surface area (Å²) in [7, 11) is 0. The molecule has 0 fully saturated rings. The van der Waals surface area contributed by atoms with Crippen LogP contribution in [0, 0.1) is 0 Å². The van der Waals surface area contributed by atoms with Crippen molar-refractivity contribution in [3.63, 3.8) is 0 Å². The van der Waals surface area contributed by atoms with Gasteiger partial charge in [-0.2, -0.15) is 0 Å². The summed E-state index contributed by atoms with van der Waals surface area (Å²) in [5.41, 5.74) is 14.9. The molecule has 72 valence electrons. The molecule has 4 nitrogen and oxygen atoms in total. The second-order valence-electron chi connectivity index (χ2n) is 2.66. The lowest BCUT2D eigenvalue weighted by Crippen LogP contribution is -2.34. The molecule has 0 bridgehead atoms. The maximum Gasteiger partial charge on any atom is 0.145 e. The Hall–Kier alpha value is -0.290. The summed E-state index contributed by atoms with van der Waals surface area (Å²) in [5, 5.41) is 2.70. The summed E-state index contributed by atoms with van der Waals surface area (Å²) in [4.78, 5) is 0. The summed E-state index contributed by atoms with van der Waals surface area (Å²) < 4.78 is 0. The maximum atomic E-state index is 5.43. The highest BCUT2D eigenvalue weighted by Gasteiger charge is 1.99. The van der Waals surface area contributed by atoms with Gasteiger partial charge in [0.2, 0.25) is 0 Å². The first kappa shape index (κ1) is 10.8. The van der Waals surface area contributed by atoms with Gasteiger partial charge in [0.15, 0.2) is 0 Å².